The number of phenolic OH excluding ortho intramolecular Hbond substituents is 1. The molecule has 0 bridgehead atoms. The van der Waals surface area contributed by atoms with Gasteiger partial charge in [-0.25, -0.2) is 0 Å². The second-order valence-electron chi connectivity index (χ2n) is 2.98. The number of hydrogen-bond acceptors (Lipinski definition) is 3. The Hall–Kier alpha value is -1.90. The van der Waals surface area contributed by atoms with E-state index >= 15 is 0 Å². The second-order valence-corrected chi connectivity index (χ2v) is 2.98. The molecule has 0 aliphatic rings. The zero-order valence-corrected chi connectivity index (χ0v) is 6.99. The number of rotatable bonds is 0. The Labute approximate surface area is 75.6 Å². The van der Waals surface area contributed by atoms with Crippen molar-refractivity contribution < 1.29 is 5.11 Å². The van der Waals surface area contributed by atoms with Crippen LogP contribution in [0.2, 0.25) is 0 Å². The van der Waals surface area contributed by atoms with E-state index in [4.69, 9.17) is 11.5 Å². The first-order chi connectivity index (χ1) is 6.18. The second kappa shape index (κ2) is 2.55. The van der Waals surface area contributed by atoms with Crippen LogP contribution >= 0.6 is 0 Å². The van der Waals surface area contributed by atoms with Crippen LogP contribution in [-0.2, 0) is 0 Å². The molecule has 0 amide bonds. The molecule has 2 aromatic rings. The fourth-order valence-corrected chi connectivity index (χ4v) is 1.36. The van der Waals surface area contributed by atoms with E-state index in [2.05, 4.69) is 0 Å². The summed E-state index contributed by atoms with van der Waals surface area (Å²) in [4.78, 5) is 0. The first-order valence-electron chi connectivity index (χ1n) is 3.95. The molecule has 66 valence electrons. The van der Waals surface area contributed by atoms with Crippen molar-refractivity contribution in [3.63, 3.8) is 0 Å². The summed E-state index contributed by atoms with van der Waals surface area (Å²) < 4.78 is 0. The number of anilines is 2. The third kappa shape index (κ3) is 1.14. The molecule has 0 radical (unpaired) electrons. The number of nitrogen functional groups attached to an aromatic ring is 2. The quantitative estimate of drug-likeness (QED) is 0.420. The normalized spacial score (nSPS) is 10.5. The topological polar surface area (TPSA) is 72.3 Å². The minimum atomic E-state index is 0.109. The highest BCUT2D eigenvalue weighted by Gasteiger charge is 2.02. The van der Waals surface area contributed by atoms with E-state index in [1.807, 2.05) is 6.07 Å². The average molecular weight is 174 g/mol. The summed E-state index contributed by atoms with van der Waals surface area (Å²) in [5.41, 5.74) is 12.4. The van der Waals surface area contributed by atoms with E-state index in [1.54, 1.807) is 24.3 Å². The van der Waals surface area contributed by atoms with Gasteiger partial charge in [-0.05, 0) is 23.6 Å². The lowest BCUT2D eigenvalue weighted by atomic mass is 10.1. The lowest BCUT2D eigenvalue weighted by Gasteiger charge is -2.04. The molecular formula is C10H10N2O. The van der Waals surface area contributed by atoms with Crippen LogP contribution in [0.4, 0.5) is 11.4 Å². The zero-order valence-electron chi connectivity index (χ0n) is 6.99. The number of fused-ring (bicyclic) bond motifs is 1. The Kier molecular flexibility index (Phi) is 1.52. The maximum Gasteiger partial charge on any atom is 0.139 e. The number of phenols is 1. The van der Waals surface area contributed by atoms with Crippen molar-refractivity contribution in [2.45, 2.75) is 0 Å². The predicted octanol–water partition coefficient (Wildman–Crippen LogP) is 1.71. The largest absolute Gasteiger partial charge is 0.506 e. The van der Waals surface area contributed by atoms with Crippen molar-refractivity contribution >= 4 is 22.1 Å². The molecule has 3 nitrogen and oxygen atoms in total. The smallest absolute Gasteiger partial charge is 0.139 e. The van der Waals surface area contributed by atoms with Crippen LogP contribution in [0.5, 0.6) is 5.75 Å². The summed E-state index contributed by atoms with van der Waals surface area (Å²) >= 11 is 0. The van der Waals surface area contributed by atoms with E-state index < -0.39 is 0 Å². The minimum Gasteiger partial charge on any atom is -0.506 e. The van der Waals surface area contributed by atoms with Gasteiger partial charge in [0.1, 0.15) is 5.75 Å². The summed E-state index contributed by atoms with van der Waals surface area (Å²) in [6.45, 7) is 0. The number of aromatic hydroxyl groups is 1. The van der Waals surface area contributed by atoms with Gasteiger partial charge in [0, 0.05) is 11.1 Å². The molecule has 0 saturated heterocycles. The Morgan fingerprint density at radius 2 is 1.77 bits per heavy atom. The number of benzene rings is 2. The molecule has 2 rings (SSSR count). The Balaban J connectivity index is 2.87. The third-order valence-electron chi connectivity index (χ3n) is 2.06. The van der Waals surface area contributed by atoms with E-state index in [9.17, 15) is 5.11 Å². The standard InChI is InChI=1S/C10H10N2O/c11-7-2-3-8-6(5-7)1-4-9(13)10(8)12/h1-5,13H,11-12H2. The van der Waals surface area contributed by atoms with E-state index in [1.165, 1.54) is 0 Å². The molecule has 0 aromatic heterocycles. The van der Waals surface area contributed by atoms with Gasteiger partial charge in [0.25, 0.3) is 0 Å². The van der Waals surface area contributed by atoms with Crippen molar-refractivity contribution in [3.05, 3.63) is 30.3 Å². The van der Waals surface area contributed by atoms with Crippen LogP contribution in [-0.4, -0.2) is 5.11 Å². The van der Waals surface area contributed by atoms with Gasteiger partial charge in [-0.1, -0.05) is 12.1 Å². The summed E-state index contributed by atoms with van der Waals surface area (Å²) in [6.07, 6.45) is 0. The van der Waals surface area contributed by atoms with Crippen molar-refractivity contribution in [2.75, 3.05) is 11.5 Å². The Morgan fingerprint density at radius 3 is 2.54 bits per heavy atom. The van der Waals surface area contributed by atoms with Gasteiger partial charge in [-0.2, -0.15) is 0 Å². The summed E-state index contributed by atoms with van der Waals surface area (Å²) in [6, 6.07) is 8.75. The molecular weight excluding hydrogens is 164 g/mol. The van der Waals surface area contributed by atoms with Gasteiger partial charge >= 0.3 is 0 Å². The molecule has 0 spiro atoms. The molecule has 0 aliphatic heterocycles. The molecule has 3 heteroatoms. The minimum absolute atomic E-state index is 0.109. The van der Waals surface area contributed by atoms with Gasteiger partial charge in [-0.15, -0.1) is 0 Å². The molecule has 0 heterocycles. The lowest BCUT2D eigenvalue weighted by Crippen LogP contribution is -1.89. The van der Waals surface area contributed by atoms with Crippen LogP contribution in [0.15, 0.2) is 30.3 Å². The summed E-state index contributed by atoms with van der Waals surface area (Å²) in [5, 5.41) is 11.1. The molecule has 5 N–H and O–H groups in total. The van der Waals surface area contributed by atoms with Crippen molar-refractivity contribution in [1.82, 2.24) is 0 Å². The summed E-state index contributed by atoms with van der Waals surface area (Å²) in [5.74, 6) is 0.109. The molecule has 0 fully saturated rings. The SMILES string of the molecule is Nc1ccc2c(N)c(O)ccc2c1. The van der Waals surface area contributed by atoms with Crippen LogP contribution in [0.25, 0.3) is 10.8 Å². The van der Waals surface area contributed by atoms with Crippen LogP contribution < -0.4 is 11.5 Å². The molecule has 0 saturated carbocycles. The third-order valence-corrected chi connectivity index (χ3v) is 2.06. The Bertz CT molecular complexity index is 466. The predicted molar refractivity (Wildman–Crippen MR) is 54.4 cm³/mol. The van der Waals surface area contributed by atoms with Crippen LogP contribution in [0.1, 0.15) is 0 Å². The van der Waals surface area contributed by atoms with E-state index in [-0.39, 0.29) is 5.75 Å². The van der Waals surface area contributed by atoms with E-state index in [0.717, 1.165) is 10.8 Å². The summed E-state index contributed by atoms with van der Waals surface area (Å²) in [7, 11) is 0. The molecule has 2 aromatic carbocycles. The van der Waals surface area contributed by atoms with Gasteiger partial charge in [0.2, 0.25) is 0 Å². The number of nitrogens with two attached hydrogens (primary N) is 2. The molecule has 0 atom stereocenters. The highest BCUT2D eigenvalue weighted by Crippen LogP contribution is 2.30. The molecule has 13 heavy (non-hydrogen) atoms. The van der Waals surface area contributed by atoms with Crippen molar-refractivity contribution in [1.29, 1.82) is 0 Å². The van der Waals surface area contributed by atoms with Gasteiger partial charge < -0.3 is 16.6 Å². The maximum absolute atomic E-state index is 9.33. The van der Waals surface area contributed by atoms with Gasteiger partial charge in [-0.3, -0.25) is 0 Å². The number of hydrogen-bond donors (Lipinski definition) is 3. The first-order valence-corrected chi connectivity index (χ1v) is 3.95. The van der Waals surface area contributed by atoms with Crippen LogP contribution in [0, 0.1) is 0 Å². The lowest BCUT2D eigenvalue weighted by molar-refractivity contribution is 0.478. The van der Waals surface area contributed by atoms with Crippen LogP contribution in [0.3, 0.4) is 0 Å². The Morgan fingerprint density at radius 1 is 1.00 bits per heavy atom. The molecule has 0 unspecified atom stereocenters. The van der Waals surface area contributed by atoms with E-state index in [0.29, 0.717) is 11.4 Å². The fraction of sp³-hybridized carbons (Fsp3) is 0. The maximum atomic E-state index is 9.33. The van der Waals surface area contributed by atoms with Gasteiger partial charge in [0.15, 0.2) is 0 Å². The highest BCUT2D eigenvalue weighted by molar-refractivity contribution is 5.97. The highest BCUT2D eigenvalue weighted by atomic mass is 16.3. The van der Waals surface area contributed by atoms with Crippen molar-refractivity contribution in [3.8, 4) is 5.75 Å². The van der Waals surface area contributed by atoms with Crippen molar-refractivity contribution in [2.24, 2.45) is 0 Å². The van der Waals surface area contributed by atoms with Gasteiger partial charge in [0.05, 0.1) is 5.69 Å². The first kappa shape index (κ1) is 7.73. The fourth-order valence-electron chi connectivity index (χ4n) is 1.36. The average Bonchev–Trinajstić information content (AvgIpc) is 2.12. The zero-order chi connectivity index (χ0) is 9.42. The monoisotopic (exact) mass is 174 g/mol. The molecule has 0 aliphatic carbocycles.